The molecule has 0 heterocycles. The summed E-state index contributed by atoms with van der Waals surface area (Å²) in [6.07, 6.45) is 0. The Morgan fingerprint density at radius 2 is 0.889 bits per heavy atom. The highest BCUT2D eigenvalue weighted by Crippen LogP contribution is 2.55. The fourth-order valence-electron chi connectivity index (χ4n) is 10.0. The van der Waals surface area contributed by atoms with Crippen LogP contribution in [0.25, 0.3) is 120 Å². The number of benzene rings is 10. The van der Waals surface area contributed by atoms with Gasteiger partial charge >= 0.3 is 0 Å². The average Bonchev–Trinajstić information content (AvgIpc) is 3.72. The quantitative estimate of drug-likeness (QED) is 0.163. The maximum Gasteiger partial charge on any atom is -0.000697 e. The molecule has 0 N–H and O–H groups in total. The molecule has 0 nitrogen and oxygen atoms in total. The van der Waals surface area contributed by atoms with E-state index < -0.39 is 0 Å². The molecule has 0 aliphatic heterocycles. The highest BCUT2D eigenvalue weighted by molar-refractivity contribution is 6.46. The summed E-state index contributed by atoms with van der Waals surface area (Å²) in [6.45, 7) is 4.41. The molecule has 12 aromatic carbocycles. The maximum absolute atomic E-state index is 2.54. The molecule has 0 amide bonds. The molecular weight excluding hydrogens is 649 g/mol. The number of hydrogen-bond donors (Lipinski definition) is 0. The molecular formula is C54H34. The molecule has 0 aliphatic carbocycles. The second-order valence-electron chi connectivity index (χ2n) is 15.3. The Labute approximate surface area is 313 Å². The van der Waals surface area contributed by atoms with Gasteiger partial charge in [-0.15, -0.1) is 0 Å². The normalized spacial score (nSPS) is 12.3. The molecule has 250 valence electrons. The van der Waals surface area contributed by atoms with Crippen LogP contribution >= 0.6 is 0 Å². The van der Waals surface area contributed by atoms with E-state index in [0.29, 0.717) is 0 Å². The topological polar surface area (TPSA) is 0 Å². The summed E-state index contributed by atoms with van der Waals surface area (Å²) in [7, 11) is 0. The summed E-state index contributed by atoms with van der Waals surface area (Å²) >= 11 is 0. The van der Waals surface area contributed by atoms with Gasteiger partial charge in [0.15, 0.2) is 0 Å². The van der Waals surface area contributed by atoms with Crippen molar-refractivity contribution < 1.29 is 0 Å². The van der Waals surface area contributed by atoms with Gasteiger partial charge in [-0.2, -0.15) is 0 Å². The first kappa shape index (κ1) is 29.8. The molecule has 0 aliphatic rings. The molecule has 0 radical (unpaired) electrons. The van der Waals surface area contributed by atoms with Gasteiger partial charge in [0.05, 0.1) is 0 Å². The first-order chi connectivity index (χ1) is 26.6. The lowest BCUT2D eigenvalue weighted by atomic mass is 9.84. The fourth-order valence-corrected chi connectivity index (χ4v) is 10.0. The molecule has 0 fully saturated rings. The molecule has 0 spiro atoms. The Balaban J connectivity index is 1.36. The smallest absolute Gasteiger partial charge is 0.000697 e. The van der Waals surface area contributed by atoms with Crippen molar-refractivity contribution in [1.82, 2.24) is 0 Å². The van der Waals surface area contributed by atoms with E-state index in [1.54, 1.807) is 0 Å². The van der Waals surface area contributed by atoms with Gasteiger partial charge < -0.3 is 0 Å². The summed E-state index contributed by atoms with van der Waals surface area (Å²) in [6, 6.07) is 64.1. The first-order valence-electron chi connectivity index (χ1n) is 19.0. The zero-order valence-corrected chi connectivity index (χ0v) is 30.2. The van der Waals surface area contributed by atoms with E-state index in [0.717, 1.165) is 0 Å². The van der Waals surface area contributed by atoms with E-state index in [4.69, 9.17) is 0 Å². The number of hydrogen-bond acceptors (Lipinski definition) is 0. The Bertz CT molecular complexity index is 3480. The van der Waals surface area contributed by atoms with Crippen LogP contribution in [0.2, 0.25) is 0 Å². The monoisotopic (exact) mass is 682 g/mol. The Kier molecular flexibility index (Phi) is 6.00. The standard InChI is InChI=1S/C54H34/c1-31-23-24-32(2)43(27-31)36-25-26-38-44(28-36)40-20-12-21-41-50(40)45(38)30-47-48(33-13-5-3-6-14-33)53-42-22-11-19-39-37-18-10-9-17-35(37)29-46(51(39)42)54(53)49(52(41)47)34-15-7-4-8-16-34/h3-30H,1-2H3. The van der Waals surface area contributed by atoms with Crippen LogP contribution in [0.5, 0.6) is 0 Å². The van der Waals surface area contributed by atoms with Crippen molar-refractivity contribution in [3.05, 3.63) is 181 Å². The largest absolute Gasteiger partial charge is 0.0622 e. The summed E-state index contributed by atoms with van der Waals surface area (Å²) in [4.78, 5) is 0. The number of rotatable bonds is 3. The summed E-state index contributed by atoms with van der Waals surface area (Å²) in [5.74, 6) is 0. The molecule has 0 unspecified atom stereocenters. The lowest BCUT2D eigenvalue weighted by Crippen LogP contribution is -1.91. The van der Waals surface area contributed by atoms with Crippen LogP contribution < -0.4 is 0 Å². The van der Waals surface area contributed by atoms with Crippen molar-refractivity contribution in [2.45, 2.75) is 13.8 Å². The van der Waals surface area contributed by atoms with E-state index in [9.17, 15) is 0 Å². The van der Waals surface area contributed by atoms with Gasteiger partial charge in [0, 0.05) is 0 Å². The van der Waals surface area contributed by atoms with Crippen LogP contribution in [0.15, 0.2) is 170 Å². The third-order valence-electron chi connectivity index (χ3n) is 12.3. The van der Waals surface area contributed by atoms with Crippen LogP contribution in [0.1, 0.15) is 11.1 Å². The highest BCUT2D eigenvalue weighted by atomic mass is 14.3. The van der Waals surface area contributed by atoms with Crippen LogP contribution in [-0.2, 0) is 0 Å². The second-order valence-corrected chi connectivity index (χ2v) is 15.3. The molecule has 0 heteroatoms. The minimum Gasteiger partial charge on any atom is -0.0622 e. The Morgan fingerprint density at radius 1 is 0.278 bits per heavy atom. The third-order valence-corrected chi connectivity index (χ3v) is 12.3. The van der Waals surface area contributed by atoms with E-state index in [-0.39, 0.29) is 0 Å². The van der Waals surface area contributed by atoms with Gasteiger partial charge in [0.25, 0.3) is 0 Å². The fraction of sp³-hybridized carbons (Fsp3) is 0.0370. The molecule has 12 rings (SSSR count). The average molecular weight is 683 g/mol. The van der Waals surface area contributed by atoms with Gasteiger partial charge in [-0.1, -0.05) is 157 Å². The molecule has 0 saturated heterocycles. The van der Waals surface area contributed by atoms with Gasteiger partial charge in [-0.05, 0) is 157 Å². The van der Waals surface area contributed by atoms with Crippen LogP contribution in [0.3, 0.4) is 0 Å². The van der Waals surface area contributed by atoms with Gasteiger partial charge in [0.2, 0.25) is 0 Å². The summed E-state index contributed by atoms with van der Waals surface area (Å²) < 4.78 is 0. The number of aryl methyl sites for hydroxylation is 2. The third kappa shape index (κ3) is 3.92. The van der Waals surface area contributed by atoms with Crippen molar-refractivity contribution in [1.29, 1.82) is 0 Å². The van der Waals surface area contributed by atoms with Crippen molar-refractivity contribution in [3.63, 3.8) is 0 Å². The van der Waals surface area contributed by atoms with E-state index in [1.807, 2.05) is 0 Å². The summed E-state index contributed by atoms with van der Waals surface area (Å²) in [5, 5.41) is 21.2. The van der Waals surface area contributed by atoms with Crippen molar-refractivity contribution in [3.8, 4) is 33.4 Å². The highest BCUT2D eigenvalue weighted by Gasteiger charge is 2.27. The Hall–Kier alpha value is -6.76. The molecule has 0 bridgehead atoms. The predicted octanol–water partition coefficient (Wildman–Crippen LogP) is 15.4. The van der Waals surface area contributed by atoms with E-state index in [1.165, 1.54) is 131 Å². The number of fused-ring (bicyclic) bond motifs is 10. The zero-order valence-electron chi connectivity index (χ0n) is 30.2. The lowest BCUT2D eigenvalue weighted by molar-refractivity contribution is 1.39. The van der Waals surface area contributed by atoms with Crippen molar-refractivity contribution >= 4 is 86.2 Å². The maximum atomic E-state index is 2.54. The van der Waals surface area contributed by atoms with Crippen molar-refractivity contribution in [2.75, 3.05) is 0 Å². The van der Waals surface area contributed by atoms with E-state index in [2.05, 4.69) is 184 Å². The predicted molar refractivity (Wildman–Crippen MR) is 235 cm³/mol. The second kappa shape index (κ2) is 10.9. The SMILES string of the molecule is Cc1ccc(C)c(-c2ccc3c(c2)c2cccc4c5c(-c6ccccc6)c6c7cc8ccccc8c8cccc(c6c(-c6ccccc6)c5cc3c24)c87)c1. The first-order valence-corrected chi connectivity index (χ1v) is 19.0. The molecule has 0 atom stereocenters. The van der Waals surface area contributed by atoms with Gasteiger partial charge in [0.1, 0.15) is 0 Å². The van der Waals surface area contributed by atoms with E-state index >= 15 is 0 Å². The van der Waals surface area contributed by atoms with Gasteiger partial charge in [-0.3, -0.25) is 0 Å². The Morgan fingerprint density at radius 3 is 1.67 bits per heavy atom. The minimum atomic E-state index is 1.25. The van der Waals surface area contributed by atoms with Crippen LogP contribution in [0.4, 0.5) is 0 Å². The zero-order chi connectivity index (χ0) is 35.7. The molecule has 0 aromatic heterocycles. The molecule has 0 saturated carbocycles. The lowest BCUT2D eigenvalue weighted by Gasteiger charge is -2.19. The summed E-state index contributed by atoms with van der Waals surface area (Å²) in [5.41, 5.74) is 10.3. The van der Waals surface area contributed by atoms with Crippen LogP contribution in [-0.4, -0.2) is 0 Å². The van der Waals surface area contributed by atoms with Crippen LogP contribution in [0, 0.1) is 13.8 Å². The van der Waals surface area contributed by atoms with Gasteiger partial charge in [-0.25, -0.2) is 0 Å². The van der Waals surface area contributed by atoms with Crippen molar-refractivity contribution in [2.24, 2.45) is 0 Å². The molecule has 12 aromatic rings. The molecule has 54 heavy (non-hydrogen) atoms. The minimum absolute atomic E-state index is 1.25.